The summed E-state index contributed by atoms with van der Waals surface area (Å²) < 4.78 is 58.5. The average molecular weight is 373 g/mol. The third-order valence-corrected chi connectivity index (χ3v) is 3.27. The Morgan fingerprint density at radius 2 is 1.48 bits per heavy atom. The van der Waals surface area contributed by atoms with Crippen LogP contribution in [0.4, 0.5) is 17.6 Å². The van der Waals surface area contributed by atoms with Crippen molar-refractivity contribution in [1.82, 2.24) is 0 Å². The number of hydrogen-bond acceptors (Lipinski definition) is 2. The summed E-state index contributed by atoms with van der Waals surface area (Å²) in [5, 5.41) is 9.36. The summed E-state index contributed by atoms with van der Waals surface area (Å²) >= 11 is 3.25. The lowest BCUT2D eigenvalue weighted by Gasteiger charge is -2.11. The summed E-state index contributed by atoms with van der Waals surface area (Å²) in [6.07, 6.45) is 2.99. The highest BCUT2D eigenvalue weighted by molar-refractivity contribution is 9.09. The lowest BCUT2D eigenvalue weighted by Crippen LogP contribution is -2.12. The predicted molar refractivity (Wildman–Crippen MR) is 71.0 cm³/mol. The fourth-order valence-corrected chi connectivity index (χ4v) is 2.05. The van der Waals surface area contributed by atoms with E-state index in [1.165, 1.54) is 0 Å². The Morgan fingerprint density at radius 3 is 1.95 bits per heavy atom. The molecule has 118 valence electrons. The van der Waals surface area contributed by atoms with Gasteiger partial charge in [-0.1, -0.05) is 28.8 Å². The molecule has 0 fully saturated rings. The summed E-state index contributed by atoms with van der Waals surface area (Å²) in [4.78, 5) is 10.6. The van der Waals surface area contributed by atoms with E-state index in [9.17, 15) is 22.4 Å². The average Bonchev–Trinajstić information content (AvgIpc) is 2.43. The number of carboxylic acid groups (broad SMARTS) is 1. The summed E-state index contributed by atoms with van der Waals surface area (Å²) in [6.45, 7) is -0.124. The lowest BCUT2D eigenvalue weighted by molar-refractivity contribution is 0.0682. The molecule has 1 aromatic rings. The number of rotatable bonds is 8. The fraction of sp³-hybridized carbons (Fsp3) is 0.462. The van der Waals surface area contributed by atoms with E-state index in [-0.39, 0.29) is 6.61 Å². The molecule has 0 aliphatic carbocycles. The van der Waals surface area contributed by atoms with Gasteiger partial charge < -0.3 is 9.84 Å². The summed E-state index contributed by atoms with van der Waals surface area (Å²) in [7, 11) is 0. The molecule has 0 atom stereocenters. The van der Waals surface area contributed by atoms with Crippen LogP contribution in [0.5, 0.6) is 5.75 Å². The van der Waals surface area contributed by atoms with Crippen LogP contribution in [0, 0.1) is 23.3 Å². The van der Waals surface area contributed by atoms with E-state index in [1.54, 1.807) is 0 Å². The minimum absolute atomic E-state index is 0.124. The molecule has 0 unspecified atom stereocenters. The molecule has 0 radical (unpaired) electrons. The van der Waals surface area contributed by atoms with Crippen LogP contribution >= 0.6 is 15.9 Å². The van der Waals surface area contributed by atoms with Crippen LogP contribution in [0.15, 0.2) is 0 Å². The zero-order valence-electron chi connectivity index (χ0n) is 10.9. The third kappa shape index (κ3) is 4.33. The highest BCUT2D eigenvalue weighted by Crippen LogP contribution is 2.30. The molecule has 1 aromatic carbocycles. The first kappa shape index (κ1) is 17.7. The monoisotopic (exact) mass is 372 g/mol. The molecular formula is C13H13BrF4O3. The number of carboxylic acids is 1. The Hall–Kier alpha value is -1.31. The Balaban J connectivity index is 2.82. The molecule has 0 heterocycles. The van der Waals surface area contributed by atoms with E-state index >= 15 is 0 Å². The van der Waals surface area contributed by atoms with Gasteiger partial charge in [0.25, 0.3) is 0 Å². The number of alkyl halides is 1. The number of hydrogen-bond donors (Lipinski definition) is 1. The van der Waals surface area contributed by atoms with Crippen molar-refractivity contribution in [2.45, 2.75) is 25.7 Å². The summed E-state index contributed by atoms with van der Waals surface area (Å²) in [5.74, 6) is -11.0. The molecule has 0 saturated carbocycles. The van der Waals surface area contributed by atoms with Crippen LogP contribution in [-0.4, -0.2) is 23.0 Å². The van der Waals surface area contributed by atoms with Crippen LogP contribution in [0.3, 0.4) is 0 Å². The quantitative estimate of drug-likeness (QED) is 0.320. The number of halogens is 5. The topological polar surface area (TPSA) is 46.5 Å². The molecular weight excluding hydrogens is 360 g/mol. The van der Waals surface area contributed by atoms with Gasteiger partial charge in [-0.3, -0.25) is 0 Å². The first-order valence-corrected chi connectivity index (χ1v) is 7.32. The van der Waals surface area contributed by atoms with E-state index in [0.717, 1.165) is 24.6 Å². The Kier molecular flexibility index (Phi) is 6.94. The summed E-state index contributed by atoms with van der Waals surface area (Å²) in [5.41, 5.74) is -1.67. The van der Waals surface area contributed by atoms with Gasteiger partial charge in [0.15, 0.2) is 17.4 Å². The number of benzene rings is 1. The molecule has 0 bridgehead atoms. The maximum atomic E-state index is 13.5. The second kappa shape index (κ2) is 8.21. The zero-order chi connectivity index (χ0) is 16.0. The van der Waals surface area contributed by atoms with E-state index in [1.807, 2.05) is 0 Å². The lowest BCUT2D eigenvalue weighted by atomic mass is 10.1. The molecule has 0 aliphatic rings. The normalized spacial score (nSPS) is 10.7. The standard InChI is InChI=1S/C13H13BrF4O3/c14-5-3-1-2-4-6-21-12-10(17)8(15)7(13(19)20)9(16)11(12)18/h1-6H2,(H,19,20). The van der Waals surface area contributed by atoms with Crippen LogP contribution < -0.4 is 4.74 Å². The van der Waals surface area contributed by atoms with Crippen LogP contribution in [0.2, 0.25) is 0 Å². The van der Waals surface area contributed by atoms with Crippen molar-refractivity contribution >= 4 is 21.9 Å². The maximum Gasteiger partial charge on any atom is 0.341 e. The number of aromatic carboxylic acids is 1. The van der Waals surface area contributed by atoms with Crippen molar-refractivity contribution in [2.75, 3.05) is 11.9 Å². The van der Waals surface area contributed by atoms with Crippen molar-refractivity contribution in [3.8, 4) is 5.75 Å². The van der Waals surface area contributed by atoms with Crippen molar-refractivity contribution in [3.63, 3.8) is 0 Å². The molecule has 0 saturated heterocycles. The molecule has 0 amide bonds. The largest absolute Gasteiger partial charge is 0.487 e. The van der Waals surface area contributed by atoms with Gasteiger partial charge in [-0.05, 0) is 12.8 Å². The first-order valence-electron chi connectivity index (χ1n) is 6.19. The van der Waals surface area contributed by atoms with Crippen LogP contribution in [0.1, 0.15) is 36.0 Å². The number of unbranched alkanes of at least 4 members (excludes halogenated alkanes) is 3. The maximum absolute atomic E-state index is 13.5. The van der Waals surface area contributed by atoms with Gasteiger partial charge in [0.05, 0.1) is 6.61 Å². The fourth-order valence-electron chi connectivity index (χ4n) is 1.65. The van der Waals surface area contributed by atoms with Gasteiger partial charge in [0.2, 0.25) is 11.6 Å². The van der Waals surface area contributed by atoms with Crippen molar-refractivity contribution in [2.24, 2.45) is 0 Å². The molecule has 0 aromatic heterocycles. The van der Waals surface area contributed by atoms with Gasteiger partial charge >= 0.3 is 5.97 Å². The molecule has 1 rings (SSSR count). The van der Waals surface area contributed by atoms with E-state index in [0.29, 0.717) is 6.42 Å². The minimum Gasteiger partial charge on any atom is -0.487 e. The van der Waals surface area contributed by atoms with Gasteiger partial charge in [0, 0.05) is 5.33 Å². The molecule has 3 nitrogen and oxygen atoms in total. The smallest absolute Gasteiger partial charge is 0.341 e. The third-order valence-electron chi connectivity index (χ3n) is 2.71. The predicted octanol–water partition coefficient (Wildman–Crippen LogP) is 4.28. The van der Waals surface area contributed by atoms with Gasteiger partial charge in [-0.25, -0.2) is 13.6 Å². The second-order valence-electron chi connectivity index (χ2n) is 4.22. The van der Waals surface area contributed by atoms with Gasteiger partial charge in [0.1, 0.15) is 5.56 Å². The first-order chi connectivity index (χ1) is 9.91. The minimum atomic E-state index is -2.09. The number of carbonyl (C=O) groups is 1. The Labute approximate surface area is 127 Å². The van der Waals surface area contributed by atoms with Crippen molar-refractivity contribution < 1.29 is 32.2 Å². The van der Waals surface area contributed by atoms with E-state index in [2.05, 4.69) is 15.9 Å². The highest BCUT2D eigenvalue weighted by atomic mass is 79.9. The molecule has 0 spiro atoms. The van der Waals surface area contributed by atoms with Crippen molar-refractivity contribution in [3.05, 3.63) is 28.8 Å². The van der Waals surface area contributed by atoms with E-state index in [4.69, 9.17) is 9.84 Å². The van der Waals surface area contributed by atoms with Gasteiger partial charge in [-0.15, -0.1) is 0 Å². The molecule has 1 N–H and O–H groups in total. The molecule has 0 aliphatic heterocycles. The molecule has 21 heavy (non-hydrogen) atoms. The Bertz CT molecular complexity index is 494. The van der Waals surface area contributed by atoms with E-state index < -0.39 is 40.6 Å². The number of ether oxygens (including phenoxy) is 1. The van der Waals surface area contributed by atoms with Crippen LogP contribution in [0.25, 0.3) is 0 Å². The summed E-state index contributed by atoms with van der Waals surface area (Å²) in [6, 6.07) is 0. The SMILES string of the molecule is O=C(O)c1c(F)c(F)c(OCCCCCCBr)c(F)c1F. The second-order valence-corrected chi connectivity index (χ2v) is 5.01. The highest BCUT2D eigenvalue weighted by Gasteiger charge is 2.30. The van der Waals surface area contributed by atoms with Crippen molar-refractivity contribution in [1.29, 1.82) is 0 Å². The Morgan fingerprint density at radius 1 is 0.952 bits per heavy atom. The van der Waals surface area contributed by atoms with Gasteiger partial charge in [-0.2, -0.15) is 8.78 Å². The van der Waals surface area contributed by atoms with Crippen LogP contribution in [-0.2, 0) is 0 Å². The molecule has 8 heteroatoms. The zero-order valence-corrected chi connectivity index (χ0v) is 12.5.